The Balaban J connectivity index is 1.78. The van der Waals surface area contributed by atoms with E-state index in [1.807, 2.05) is 0 Å². The molecule has 2 fully saturated rings. The Bertz CT molecular complexity index is 315. The van der Waals surface area contributed by atoms with Gasteiger partial charge in [0, 0.05) is 26.3 Å². The first-order valence-electron chi connectivity index (χ1n) is 6.53. The molecule has 2 heterocycles. The van der Waals surface area contributed by atoms with Crippen LogP contribution in [-0.2, 0) is 9.53 Å². The average Bonchev–Trinajstić information content (AvgIpc) is 2.86. The summed E-state index contributed by atoms with van der Waals surface area (Å²) in [4.78, 5) is 24.3. The topological polar surface area (TPSA) is 78.9 Å². The van der Waals surface area contributed by atoms with E-state index in [9.17, 15) is 9.59 Å². The van der Waals surface area contributed by atoms with Crippen molar-refractivity contribution in [3.8, 4) is 0 Å². The summed E-state index contributed by atoms with van der Waals surface area (Å²) in [7, 11) is 0. The first-order chi connectivity index (χ1) is 8.68. The minimum atomic E-state index is -0.909. The number of ether oxygens (including phenoxy) is 1. The van der Waals surface area contributed by atoms with Gasteiger partial charge in [-0.05, 0) is 31.6 Å². The molecule has 6 heteroatoms. The van der Waals surface area contributed by atoms with Crippen LogP contribution in [0.25, 0.3) is 0 Å². The van der Waals surface area contributed by atoms with Gasteiger partial charge in [-0.25, -0.2) is 9.59 Å². The van der Waals surface area contributed by atoms with Gasteiger partial charge in [-0.3, -0.25) is 0 Å². The third-order valence-electron chi connectivity index (χ3n) is 3.68. The molecule has 0 unspecified atom stereocenters. The number of carboxylic acids is 1. The van der Waals surface area contributed by atoms with E-state index >= 15 is 0 Å². The van der Waals surface area contributed by atoms with Gasteiger partial charge in [0.1, 0.15) is 6.04 Å². The fourth-order valence-electron chi connectivity index (χ4n) is 2.55. The number of carbonyl (C=O) groups excluding carboxylic acids is 1. The van der Waals surface area contributed by atoms with Crippen LogP contribution in [0.15, 0.2) is 0 Å². The second kappa shape index (κ2) is 6.04. The van der Waals surface area contributed by atoms with Crippen molar-refractivity contribution < 1.29 is 19.4 Å². The van der Waals surface area contributed by atoms with E-state index in [4.69, 9.17) is 9.84 Å². The zero-order valence-electron chi connectivity index (χ0n) is 10.4. The average molecular weight is 256 g/mol. The molecule has 102 valence electrons. The molecule has 2 aliphatic heterocycles. The van der Waals surface area contributed by atoms with E-state index in [1.165, 1.54) is 4.90 Å². The number of rotatable bonds is 3. The van der Waals surface area contributed by atoms with Crippen LogP contribution in [0.4, 0.5) is 4.79 Å². The molecule has 1 atom stereocenters. The second-order valence-corrected chi connectivity index (χ2v) is 4.93. The number of urea groups is 1. The summed E-state index contributed by atoms with van der Waals surface area (Å²) >= 11 is 0. The Morgan fingerprint density at radius 1 is 1.28 bits per heavy atom. The van der Waals surface area contributed by atoms with Gasteiger partial charge in [-0.15, -0.1) is 0 Å². The lowest BCUT2D eigenvalue weighted by Crippen LogP contribution is -2.47. The maximum atomic E-state index is 11.9. The van der Waals surface area contributed by atoms with E-state index in [0.717, 1.165) is 32.5 Å². The lowest BCUT2D eigenvalue weighted by molar-refractivity contribution is -0.141. The molecule has 0 saturated carbocycles. The zero-order valence-corrected chi connectivity index (χ0v) is 10.4. The number of nitrogens with zero attached hydrogens (tertiary/aromatic N) is 1. The number of hydrogen-bond donors (Lipinski definition) is 2. The van der Waals surface area contributed by atoms with Crippen molar-refractivity contribution >= 4 is 12.0 Å². The standard InChI is InChI=1S/C12H20N2O4/c15-11(16)10-2-1-5-14(10)12(17)13-8-9-3-6-18-7-4-9/h9-10H,1-8H2,(H,13,17)(H,15,16)/t10-/m0/s1. The third-order valence-corrected chi connectivity index (χ3v) is 3.68. The summed E-state index contributed by atoms with van der Waals surface area (Å²) in [6.45, 7) is 2.66. The van der Waals surface area contributed by atoms with Gasteiger partial charge in [0.25, 0.3) is 0 Å². The lowest BCUT2D eigenvalue weighted by Gasteiger charge is -2.25. The molecule has 0 aliphatic carbocycles. The summed E-state index contributed by atoms with van der Waals surface area (Å²) in [5.41, 5.74) is 0. The van der Waals surface area contributed by atoms with Crippen LogP contribution in [0.5, 0.6) is 0 Å². The first-order valence-corrected chi connectivity index (χ1v) is 6.53. The van der Waals surface area contributed by atoms with Crippen molar-refractivity contribution in [2.75, 3.05) is 26.3 Å². The highest BCUT2D eigenvalue weighted by Gasteiger charge is 2.34. The molecule has 0 radical (unpaired) electrons. The minimum absolute atomic E-state index is 0.244. The van der Waals surface area contributed by atoms with Gasteiger partial charge < -0.3 is 20.1 Å². The van der Waals surface area contributed by atoms with Crippen LogP contribution in [0.2, 0.25) is 0 Å². The van der Waals surface area contributed by atoms with Gasteiger partial charge in [-0.2, -0.15) is 0 Å². The Hall–Kier alpha value is -1.30. The molecule has 2 amide bonds. The monoisotopic (exact) mass is 256 g/mol. The second-order valence-electron chi connectivity index (χ2n) is 4.93. The van der Waals surface area contributed by atoms with Gasteiger partial charge in [-0.1, -0.05) is 0 Å². The number of carboxylic acid groups (broad SMARTS) is 1. The maximum absolute atomic E-state index is 11.9. The van der Waals surface area contributed by atoms with Gasteiger partial charge in [0.2, 0.25) is 0 Å². The fourth-order valence-corrected chi connectivity index (χ4v) is 2.55. The highest BCUT2D eigenvalue weighted by atomic mass is 16.5. The SMILES string of the molecule is O=C(O)[C@@H]1CCCN1C(=O)NCC1CCOCC1. The normalized spacial score (nSPS) is 25.1. The van der Waals surface area contributed by atoms with Crippen molar-refractivity contribution in [3.63, 3.8) is 0 Å². The number of likely N-dealkylation sites (tertiary alicyclic amines) is 1. The number of carbonyl (C=O) groups is 2. The van der Waals surface area contributed by atoms with Gasteiger partial charge in [0.15, 0.2) is 0 Å². The summed E-state index contributed by atoms with van der Waals surface area (Å²) in [5.74, 6) is -0.456. The number of nitrogens with one attached hydrogen (secondary N) is 1. The number of hydrogen-bond acceptors (Lipinski definition) is 3. The van der Waals surface area contributed by atoms with E-state index in [-0.39, 0.29) is 6.03 Å². The lowest BCUT2D eigenvalue weighted by atomic mass is 10.0. The molecular weight excluding hydrogens is 236 g/mol. The third kappa shape index (κ3) is 3.13. The Labute approximate surface area is 106 Å². The Morgan fingerprint density at radius 2 is 2.00 bits per heavy atom. The van der Waals surface area contributed by atoms with E-state index in [2.05, 4.69) is 5.32 Å². The quantitative estimate of drug-likeness (QED) is 0.778. The Kier molecular flexibility index (Phi) is 4.41. The fraction of sp³-hybridized carbons (Fsp3) is 0.833. The maximum Gasteiger partial charge on any atom is 0.326 e. The predicted octanol–water partition coefficient (Wildman–Crippen LogP) is 0.672. The highest BCUT2D eigenvalue weighted by molar-refractivity contribution is 5.83. The summed E-state index contributed by atoms with van der Waals surface area (Å²) in [5, 5.41) is 11.9. The molecule has 6 nitrogen and oxygen atoms in total. The molecule has 2 N–H and O–H groups in total. The summed E-state index contributed by atoms with van der Waals surface area (Å²) in [6, 6.07) is -0.897. The molecular formula is C12H20N2O4. The predicted molar refractivity (Wildman–Crippen MR) is 64.3 cm³/mol. The van der Waals surface area contributed by atoms with Crippen molar-refractivity contribution in [3.05, 3.63) is 0 Å². The molecule has 0 bridgehead atoms. The van der Waals surface area contributed by atoms with E-state index in [1.54, 1.807) is 0 Å². The molecule has 0 aromatic carbocycles. The first kappa shape index (κ1) is 13.1. The number of amides is 2. The largest absolute Gasteiger partial charge is 0.480 e. The van der Waals surface area contributed by atoms with Crippen molar-refractivity contribution in [2.45, 2.75) is 31.7 Å². The van der Waals surface area contributed by atoms with Gasteiger partial charge in [0.05, 0.1) is 0 Å². The van der Waals surface area contributed by atoms with Crippen LogP contribution in [0, 0.1) is 5.92 Å². The molecule has 0 spiro atoms. The molecule has 2 aliphatic rings. The van der Waals surface area contributed by atoms with Crippen LogP contribution < -0.4 is 5.32 Å². The smallest absolute Gasteiger partial charge is 0.326 e. The zero-order chi connectivity index (χ0) is 13.0. The highest BCUT2D eigenvalue weighted by Crippen LogP contribution is 2.18. The van der Waals surface area contributed by atoms with Gasteiger partial charge >= 0.3 is 12.0 Å². The number of aliphatic carboxylic acids is 1. The van der Waals surface area contributed by atoms with Crippen LogP contribution in [0.3, 0.4) is 0 Å². The van der Waals surface area contributed by atoms with E-state index in [0.29, 0.717) is 25.4 Å². The van der Waals surface area contributed by atoms with Crippen molar-refractivity contribution in [1.29, 1.82) is 0 Å². The molecule has 0 aromatic rings. The van der Waals surface area contributed by atoms with Crippen LogP contribution in [0.1, 0.15) is 25.7 Å². The van der Waals surface area contributed by atoms with E-state index < -0.39 is 12.0 Å². The van der Waals surface area contributed by atoms with Crippen molar-refractivity contribution in [2.24, 2.45) is 5.92 Å². The van der Waals surface area contributed by atoms with Crippen molar-refractivity contribution in [1.82, 2.24) is 10.2 Å². The molecule has 2 saturated heterocycles. The van der Waals surface area contributed by atoms with Crippen LogP contribution >= 0.6 is 0 Å². The Morgan fingerprint density at radius 3 is 2.67 bits per heavy atom. The molecule has 2 rings (SSSR count). The molecule has 0 aromatic heterocycles. The molecule has 18 heavy (non-hydrogen) atoms. The van der Waals surface area contributed by atoms with Crippen LogP contribution in [-0.4, -0.2) is 54.4 Å². The summed E-state index contributed by atoms with van der Waals surface area (Å²) < 4.78 is 5.25. The summed E-state index contributed by atoms with van der Waals surface area (Å²) in [6.07, 6.45) is 3.24. The minimum Gasteiger partial charge on any atom is -0.480 e.